The fourth-order valence-corrected chi connectivity index (χ4v) is 2.42. The van der Waals surface area contributed by atoms with Gasteiger partial charge in [-0.2, -0.15) is 5.10 Å². The van der Waals surface area contributed by atoms with Crippen LogP contribution in [0.15, 0.2) is 28.6 Å². The molecule has 7 heteroatoms. The molecule has 24 heavy (non-hydrogen) atoms. The van der Waals surface area contributed by atoms with Crippen LogP contribution in [0.1, 0.15) is 32.4 Å². The van der Waals surface area contributed by atoms with Gasteiger partial charge in [0.25, 0.3) is 5.56 Å². The summed E-state index contributed by atoms with van der Waals surface area (Å²) in [4.78, 5) is 23.1. The van der Waals surface area contributed by atoms with Crippen molar-refractivity contribution in [2.24, 2.45) is 0 Å². The summed E-state index contributed by atoms with van der Waals surface area (Å²) in [5.41, 5.74) is 1.64. The van der Waals surface area contributed by atoms with Crippen LogP contribution in [0.5, 0.6) is 0 Å². The SMILES string of the molecule is CC(C)=CCO[C@H]1CCOC[C@H]1NC(=O)CCc1ccc(=O)[nH]n1. The number of aromatic nitrogens is 2. The largest absolute Gasteiger partial charge is 0.379 e. The van der Waals surface area contributed by atoms with Crippen molar-refractivity contribution in [3.63, 3.8) is 0 Å². The molecule has 2 rings (SSSR count). The van der Waals surface area contributed by atoms with Crippen LogP contribution in [0.3, 0.4) is 0 Å². The summed E-state index contributed by atoms with van der Waals surface area (Å²) in [7, 11) is 0. The first-order valence-electron chi connectivity index (χ1n) is 8.21. The van der Waals surface area contributed by atoms with Gasteiger partial charge in [0, 0.05) is 25.5 Å². The van der Waals surface area contributed by atoms with Crippen LogP contribution in [-0.4, -0.2) is 48.1 Å². The molecule has 0 unspecified atom stereocenters. The third kappa shape index (κ3) is 6.25. The molecule has 0 spiro atoms. The fraction of sp³-hybridized carbons (Fsp3) is 0.588. The first-order valence-corrected chi connectivity index (χ1v) is 8.21. The van der Waals surface area contributed by atoms with Gasteiger partial charge in [0.2, 0.25) is 5.91 Å². The number of nitrogens with one attached hydrogen (secondary N) is 2. The number of H-pyrrole nitrogens is 1. The summed E-state index contributed by atoms with van der Waals surface area (Å²) in [5.74, 6) is -0.0747. The van der Waals surface area contributed by atoms with Crippen LogP contribution in [0.4, 0.5) is 0 Å². The van der Waals surface area contributed by atoms with Gasteiger partial charge >= 0.3 is 0 Å². The van der Waals surface area contributed by atoms with Crippen LogP contribution >= 0.6 is 0 Å². The standard InChI is InChI=1S/C17H25N3O4/c1-12(2)7-10-24-15-8-9-23-11-14(15)18-16(21)5-3-13-4-6-17(22)20-19-13/h4,6-7,14-15H,3,5,8-11H2,1-2H3,(H,18,21)(H,20,22)/t14-,15+/m1/s1. The average Bonchev–Trinajstić information content (AvgIpc) is 2.55. The van der Waals surface area contributed by atoms with Crippen LogP contribution < -0.4 is 10.9 Å². The maximum absolute atomic E-state index is 12.1. The van der Waals surface area contributed by atoms with Crippen LogP contribution in [-0.2, 0) is 20.7 Å². The predicted molar refractivity (Wildman–Crippen MR) is 89.7 cm³/mol. The van der Waals surface area contributed by atoms with Gasteiger partial charge in [-0.25, -0.2) is 5.10 Å². The Labute approximate surface area is 141 Å². The minimum atomic E-state index is -0.251. The number of amides is 1. The van der Waals surface area contributed by atoms with Crippen molar-refractivity contribution in [1.29, 1.82) is 0 Å². The zero-order valence-electron chi connectivity index (χ0n) is 14.2. The summed E-state index contributed by atoms with van der Waals surface area (Å²) in [5, 5.41) is 9.24. The molecular formula is C17H25N3O4. The van der Waals surface area contributed by atoms with Gasteiger partial charge in [-0.3, -0.25) is 9.59 Å². The maximum atomic E-state index is 12.1. The van der Waals surface area contributed by atoms with E-state index in [4.69, 9.17) is 9.47 Å². The quantitative estimate of drug-likeness (QED) is 0.724. The van der Waals surface area contributed by atoms with Gasteiger partial charge in [0.05, 0.1) is 31.1 Å². The topological polar surface area (TPSA) is 93.3 Å². The number of nitrogens with zero attached hydrogens (tertiary/aromatic N) is 1. The van der Waals surface area contributed by atoms with Crippen molar-refractivity contribution < 1.29 is 14.3 Å². The minimum absolute atomic E-state index is 0.0375. The minimum Gasteiger partial charge on any atom is -0.379 e. The molecule has 1 saturated heterocycles. The zero-order chi connectivity index (χ0) is 17.4. The van der Waals surface area contributed by atoms with Crippen molar-refractivity contribution in [3.05, 3.63) is 39.8 Å². The van der Waals surface area contributed by atoms with E-state index >= 15 is 0 Å². The molecule has 2 N–H and O–H groups in total. The van der Waals surface area contributed by atoms with E-state index < -0.39 is 0 Å². The van der Waals surface area contributed by atoms with Crippen LogP contribution in [0, 0.1) is 0 Å². The van der Waals surface area contributed by atoms with E-state index in [2.05, 4.69) is 15.5 Å². The highest BCUT2D eigenvalue weighted by atomic mass is 16.5. The fourth-order valence-electron chi connectivity index (χ4n) is 2.42. The predicted octanol–water partition coefficient (Wildman–Crippen LogP) is 0.959. The van der Waals surface area contributed by atoms with Crippen molar-refractivity contribution in [2.75, 3.05) is 19.8 Å². The maximum Gasteiger partial charge on any atom is 0.264 e. The number of ether oxygens (including phenoxy) is 2. The Morgan fingerprint density at radius 3 is 3.04 bits per heavy atom. The van der Waals surface area contributed by atoms with E-state index in [0.29, 0.717) is 38.4 Å². The molecule has 1 aliphatic heterocycles. The summed E-state index contributed by atoms with van der Waals surface area (Å²) >= 11 is 0. The number of carbonyl (C=O) groups is 1. The van der Waals surface area contributed by atoms with Crippen molar-refractivity contribution in [1.82, 2.24) is 15.5 Å². The van der Waals surface area contributed by atoms with E-state index in [0.717, 1.165) is 6.42 Å². The molecule has 1 aromatic rings. The molecule has 0 radical (unpaired) electrons. The van der Waals surface area contributed by atoms with Gasteiger partial charge in [0.15, 0.2) is 0 Å². The lowest BCUT2D eigenvalue weighted by atomic mass is 10.1. The molecule has 2 heterocycles. The average molecular weight is 335 g/mol. The Kier molecular flexibility index (Phi) is 7.14. The Morgan fingerprint density at radius 2 is 2.33 bits per heavy atom. The molecule has 0 bridgehead atoms. The highest BCUT2D eigenvalue weighted by Crippen LogP contribution is 2.13. The van der Waals surface area contributed by atoms with Crippen molar-refractivity contribution in [2.45, 2.75) is 45.3 Å². The lowest BCUT2D eigenvalue weighted by Crippen LogP contribution is -2.50. The first-order chi connectivity index (χ1) is 11.5. The number of rotatable bonds is 7. The molecule has 7 nitrogen and oxygen atoms in total. The molecule has 1 aliphatic rings. The lowest BCUT2D eigenvalue weighted by molar-refractivity contribution is -0.125. The number of carbonyl (C=O) groups excluding carboxylic acids is 1. The Balaban J connectivity index is 1.80. The number of aromatic amines is 1. The molecule has 0 aromatic carbocycles. The monoisotopic (exact) mass is 335 g/mol. The summed E-state index contributed by atoms with van der Waals surface area (Å²) in [6.07, 6.45) is 3.53. The summed E-state index contributed by atoms with van der Waals surface area (Å²) in [6, 6.07) is 2.89. The molecule has 0 aliphatic carbocycles. The van der Waals surface area contributed by atoms with Crippen LogP contribution in [0.25, 0.3) is 0 Å². The van der Waals surface area contributed by atoms with Gasteiger partial charge < -0.3 is 14.8 Å². The molecule has 1 amide bonds. The number of hydrogen-bond acceptors (Lipinski definition) is 5. The van der Waals surface area contributed by atoms with Gasteiger partial charge in [0.1, 0.15) is 0 Å². The molecule has 132 valence electrons. The third-order valence-corrected chi connectivity index (χ3v) is 3.79. The van der Waals surface area contributed by atoms with Crippen LogP contribution in [0.2, 0.25) is 0 Å². The van der Waals surface area contributed by atoms with Crippen molar-refractivity contribution in [3.8, 4) is 0 Å². The van der Waals surface area contributed by atoms with Gasteiger partial charge in [-0.05, 0) is 26.3 Å². The summed E-state index contributed by atoms with van der Waals surface area (Å²) < 4.78 is 11.3. The Bertz CT molecular complexity index is 602. The van der Waals surface area contributed by atoms with Crippen molar-refractivity contribution >= 4 is 5.91 Å². The highest BCUT2D eigenvalue weighted by molar-refractivity contribution is 5.76. The summed E-state index contributed by atoms with van der Waals surface area (Å²) in [6.45, 7) is 5.70. The number of allylic oxidation sites excluding steroid dienone is 1. The van der Waals surface area contributed by atoms with E-state index in [1.807, 2.05) is 19.9 Å². The normalized spacial score (nSPS) is 20.4. The first kappa shape index (κ1) is 18.4. The molecule has 2 atom stereocenters. The zero-order valence-corrected chi connectivity index (χ0v) is 14.2. The van der Waals surface area contributed by atoms with E-state index in [-0.39, 0.29) is 23.6 Å². The lowest BCUT2D eigenvalue weighted by Gasteiger charge is -2.31. The Hall–Kier alpha value is -1.99. The highest BCUT2D eigenvalue weighted by Gasteiger charge is 2.27. The van der Waals surface area contributed by atoms with Gasteiger partial charge in [-0.15, -0.1) is 0 Å². The smallest absolute Gasteiger partial charge is 0.264 e. The van der Waals surface area contributed by atoms with E-state index in [9.17, 15) is 9.59 Å². The second-order valence-electron chi connectivity index (χ2n) is 6.10. The second-order valence-corrected chi connectivity index (χ2v) is 6.10. The van der Waals surface area contributed by atoms with E-state index in [1.54, 1.807) is 6.07 Å². The third-order valence-electron chi connectivity index (χ3n) is 3.79. The number of aryl methyl sites for hydroxylation is 1. The molecular weight excluding hydrogens is 310 g/mol. The van der Waals surface area contributed by atoms with Gasteiger partial charge in [-0.1, -0.05) is 11.6 Å². The molecule has 1 aromatic heterocycles. The number of hydrogen-bond donors (Lipinski definition) is 2. The molecule has 0 saturated carbocycles. The second kappa shape index (κ2) is 9.34. The Morgan fingerprint density at radius 1 is 1.50 bits per heavy atom. The van der Waals surface area contributed by atoms with E-state index in [1.165, 1.54) is 11.6 Å². The molecule has 1 fully saturated rings.